The summed E-state index contributed by atoms with van der Waals surface area (Å²) in [5, 5.41) is 3.08. The lowest BCUT2D eigenvalue weighted by molar-refractivity contribution is 0.0935. The van der Waals surface area contributed by atoms with Crippen LogP contribution in [-0.2, 0) is 10.0 Å². The van der Waals surface area contributed by atoms with Gasteiger partial charge in [-0.25, -0.2) is 12.7 Å². The fourth-order valence-corrected chi connectivity index (χ4v) is 2.94. The third kappa shape index (κ3) is 4.18. The second-order valence-electron chi connectivity index (χ2n) is 4.92. The first-order valence-corrected chi connectivity index (χ1v) is 8.58. The molecule has 0 bridgehead atoms. The highest BCUT2D eigenvalue weighted by Crippen LogP contribution is 2.22. The van der Waals surface area contributed by atoms with Crippen molar-refractivity contribution in [1.29, 1.82) is 0 Å². The monoisotopic (exact) mass is 332 g/mol. The molecule has 0 saturated carbocycles. The van der Waals surface area contributed by atoms with E-state index in [4.69, 9.17) is 11.6 Å². The molecule has 0 spiro atoms. The maximum Gasteiger partial charge on any atom is 0.253 e. The summed E-state index contributed by atoms with van der Waals surface area (Å²) in [6.07, 6.45) is 1.60. The Morgan fingerprint density at radius 2 is 1.86 bits per heavy atom. The molecule has 0 unspecified atom stereocenters. The van der Waals surface area contributed by atoms with Gasteiger partial charge in [-0.3, -0.25) is 4.79 Å². The molecule has 5 nitrogen and oxygen atoms in total. The second-order valence-corrected chi connectivity index (χ2v) is 7.47. The van der Waals surface area contributed by atoms with Crippen LogP contribution >= 0.6 is 11.6 Å². The van der Waals surface area contributed by atoms with Crippen LogP contribution < -0.4 is 5.32 Å². The molecule has 0 atom stereocenters. The molecule has 0 radical (unpaired) electrons. The van der Waals surface area contributed by atoms with Crippen LogP contribution in [0, 0.1) is 0 Å². The van der Waals surface area contributed by atoms with E-state index in [2.05, 4.69) is 5.32 Å². The van der Waals surface area contributed by atoms with Crippen molar-refractivity contribution in [3.05, 3.63) is 28.8 Å². The highest BCUT2D eigenvalue weighted by Gasteiger charge is 2.21. The van der Waals surface area contributed by atoms with Crippen molar-refractivity contribution in [2.45, 2.75) is 37.6 Å². The Balaban J connectivity index is 3.17. The molecule has 1 rings (SSSR count). The molecular weight excluding hydrogens is 312 g/mol. The number of amides is 1. The summed E-state index contributed by atoms with van der Waals surface area (Å²) in [7, 11) is -0.718. The summed E-state index contributed by atoms with van der Waals surface area (Å²) in [6, 6.07) is 4.18. The van der Waals surface area contributed by atoms with Crippen LogP contribution in [0.15, 0.2) is 23.1 Å². The lowest BCUT2D eigenvalue weighted by Crippen LogP contribution is -2.34. The number of rotatable bonds is 6. The maximum atomic E-state index is 12.2. The number of nitrogens with one attached hydrogen (secondary N) is 1. The third-order valence-electron chi connectivity index (χ3n) is 3.28. The third-order valence-corrected chi connectivity index (χ3v) is 5.42. The number of benzene rings is 1. The summed E-state index contributed by atoms with van der Waals surface area (Å²) in [5.41, 5.74) is 0.173. The van der Waals surface area contributed by atoms with Gasteiger partial charge in [-0.1, -0.05) is 25.4 Å². The number of carbonyl (C=O) groups excluding carboxylic acids is 1. The normalized spacial score (nSPS) is 12.0. The summed E-state index contributed by atoms with van der Waals surface area (Å²) in [4.78, 5) is 12.3. The molecule has 0 aliphatic heterocycles. The number of nitrogens with zero attached hydrogens (tertiary/aromatic N) is 1. The van der Waals surface area contributed by atoms with Gasteiger partial charge < -0.3 is 5.32 Å². The van der Waals surface area contributed by atoms with Crippen LogP contribution in [0.5, 0.6) is 0 Å². The molecule has 1 aromatic rings. The fraction of sp³-hybridized carbons (Fsp3) is 0.500. The summed E-state index contributed by atoms with van der Waals surface area (Å²) in [5.74, 6) is -0.357. The van der Waals surface area contributed by atoms with Gasteiger partial charge in [-0.15, -0.1) is 0 Å². The molecule has 0 heterocycles. The molecule has 1 amide bonds. The molecule has 0 aliphatic carbocycles. The molecule has 0 saturated heterocycles. The number of hydrogen-bond donors (Lipinski definition) is 1. The summed E-state index contributed by atoms with van der Waals surface area (Å²) in [6.45, 7) is 3.95. The minimum Gasteiger partial charge on any atom is -0.349 e. The minimum absolute atomic E-state index is 0.0441. The van der Waals surface area contributed by atoms with E-state index in [-0.39, 0.29) is 27.4 Å². The minimum atomic E-state index is -3.59. The van der Waals surface area contributed by atoms with Crippen LogP contribution in [0.2, 0.25) is 5.02 Å². The Morgan fingerprint density at radius 3 is 2.33 bits per heavy atom. The van der Waals surface area contributed by atoms with E-state index in [1.54, 1.807) is 0 Å². The van der Waals surface area contributed by atoms with Gasteiger partial charge in [0, 0.05) is 20.1 Å². The van der Waals surface area contributed by atoms with Gasteiger partial charge in [0.05, 0.1) is 15.5 Å². The van der Waals surface area contributed by atoms with Gasteiger partial charge in [0.15, 0.2) is 0 Å². The summed E-state index contributed by atoms with van der Waals surface area (Å²) < 4.78 is 25.3. The Labute approximate surface area is 131 Å². The van der Waals surface area contributed by atoms with Gasteiger partial charge >= 0.3 is 0 Å². The number of halogens is 1. The zero-order chi connectivity index (χ0) is 16.2. The molecule has 0 aromatic heterocycles. The molecule has 1 aromatic carbocycles. The number of hydrogen-bond acceptors (Lipinski definition) is 3. The van der Waals surface area contributed by atoms with Crippen LogP contribution in [-0.4, -0.2) is 38.8 Å². The topological polar surface area (TPSA) is 66.5 Å². The molecule has 7 heteroatoms. The van der Waals surface area contributed by atoms with Gasteiger partial charge in [0.2, 0.25) is 10.0 Å². The van der Waals surface area contributed by atoms with E-state index in [1.807, 2.05) is 13.8 Å². The van der Waals surface area contributed by atoms with Crippen molar-refractivity contribution in [2.24, 2.45) is 0 Å². The quantitative estimate of drug-likeness (QED) is 0.870. The molecule has 0 fully saturated rings. The van der Waals surface area contributed by atoms with E-state index in [1.165, 1.54) is 32.3 Å². The van der Waals surface area contributed by atoms with Crippen LogP contribution in [0.25, 0.3) is 0 Å². The van der Waals surface area contributed by atoms with Gasteiger partial charge in [0.1, 0.15) is 0 Å². The van der Waals surface area contributed by atoms with Crippen LogP contribution in [0.1, 0.15) is 37.0 Å². The van der Waals surface area contributed by atoms with Crippen LogP contribution in [0.3, 0.4) is 0 Å². The number of carbonyl (C=O) groups is 1. The Hall–Kier alpha value is -1.11. The van der Waals surface area contributed by atoms with Crippen molar-refractivity contribution >= 4 is 27.5 Å². The van der Waals surface area contributed by atoms with Crippen molar-refractivity contribution in [3.8, 4) is 0 Å². The first-order valence-electron chi connectivity index (χ1n) is 6.76. The van der Waals surface area contributed by atoms with Gasteiger partial charge in [-0.05, 0) is 31.0 Å². The average molecular weight is 333 g/mol. The number of sulfonamides is 1. The summed E-state index contributed by atoms with van der Waals surface area (Å²) >= 11 is 6.02. The van der Waals surface area contributed by atoms with E-state index < -0.39 is 10.0 Å². The van der Waals surface area contributed by atoms with Crippen molar-refractivity contribution in [3.63, 3.8) is 0 Å². The lowest BCUT2D eigenvalue weighted by Gasteiger charge is -2.16. The van der Waals surface area contributed by atoms with E-state index in [9.17, 15) is 13.2 Å². The fourth-order valence-electron chi connectivity index (χ4n) is 1.81. The largest absolute Gasteiger partial charge is 0.349 e. The van der Waals surface area contributed by atoms with E-state index in [0.29, 0.717) is 0 Å². The van der Waals surface area contributed by atoms with Crippen molar-refractivity contribution < 1.29 is 13.2 Å². The highest BCUT2D eigenvalue weighted by molar-refractivity contribution is 7.89. The van der Waals surface area contributed by atoms with Crippen LogP contribution in [0.4, 0.5) is 0 Å². The predicted molar refractivity (Wildman–Crippen MR) is 84.2 cm³/mol. The van der Waals surface area contributed by atoms with Crippen molar-refractivity contribution in [2.75, 3.05) is 14.1 Å². The second kappa shape index (κ2) is 7.24. The standard InChI is InChI=1S/C14H21ClN2O3S/c1-5-10(6-2)16-14(18)12-9-11(7-8-13(12)15)21(19,20)17(3)4/h7-10H,5-6H2,1-4H3,(H,16,18). The SMILES string of the molecule is CCC(CC)NC(=O)c1cc(S(=O)(=O)N(C)C)ccc1Cl. The van der Waals surface area contributed by atoms with Gasteiger partial charge in [0.25, 0.3) is 5.91 Å². The molecule has 21 heavy (non-hydrogen) atoms. The zero-order valence-corrected chi connectivity index (χ0v) is 14.3. The Kier molecular flexibility index (Phi) is 6.19. The first-order chi connectivity index (χ1) is 9.73. The van der Waals surface area contributed by atoms with E-state index in [0.717, 1.165) is 17.1 Å². The van der Waals surface area contributed by atoms with E-state index >= 15 is 0 Å². The zero-order valence-electron chi connectivity index (χ0n) is 12.7. The predicted octanol–water partition coefficient (Wildman–Crippen LogP) is 2.51. The Bertz CT molecular complexity index is 611. The first kappa shape index (κ1) is 17.9. The maximum absolute atomic E-state index is 12.2. The highest BCUT2D eigenvalue weighted by atomic mass is 35.5. The average Bonchev–Trinajstić information content (AvgIpc) is 2.44. The molecular formula is C14H21ClN2O3S. The molecule has 118 valence electrons. The smallest absolute Gasteiger partial charge is 0.253 e. The lowest BCUT2D eigenvalue weighted by atomic mass is 10.1. The van der Waals surface area contributed by atoms with Crippen molar-refractivity contribution in [1.82, 2.24) is 9.62 Å². The Morgan fingerprint density at radius 1 is 1.29 bits per heavy atom. The molecule has 0 aliphatic rings. The molecule has 1 N–H and O–H groups in total. The van der Waals surface area contributed by atoms with Gasteiger partial charge in [-0.2, -0.15) is 0 Å².